The van der Waals surface area contributed by atoms with Gasteiger partial charge in [-0.2, -0.15) is 4.52 Å². The van der Waals surface area contributed by atoms with Crippen LogP contribution in [0.3, 0.4) is 0 Å². The van der Waals surface area contributed by atoms with E-state index in [0.29, 0.717) is 29.7 Å². The molecular weight excluding hydrogens is 356 g/mol. The van der Waals surface area contributed by atoms with Gasteiger partial charge >= 0.3 is 0 Å². The van der Waals surface area contributed by atoms with Crippen molar-refractivity contribution < 1.29 is 9.15 Å². The van der Waals surface area contributed by atoms with Crippen molar-refractivity contribution in [3.8, 4) is 17.3 Å². The van der Waals surface area contributed by atoms with E-state index in [1.165, 1.54) is 11.1 Å². The largest absolute Gasteiger partial charge is 0.496 e. The van der Waals surface area contributed by atoms with Crippen LogP contribution >= 0.6 is 0 Å². The molecule has 1 aromatic carbocycles. The van der Waals surface area contributed by atoms with Crippen molar-refractivity contribution in [1.82, 2.24) is 24.5 Å². The van der Waals surface area contributed by atoms with Gasteiger partial charge in [0.2, 0.25) is 11.8 Å². The summed E-state index contributed by atoms with van der Waals surface area (Å²) in [5.41, 5.74) is 10.3. The summed E-state index contributed by atoms with van der Waals surface area (Å²) in [4.78, 5) is 11.3. The Bertz CT molecular complexity index is 1120. The summed E-state index contributed by atoms with van der Waals surface area (Å²) in [6, 6.07) is 9.87. The summed E-state index contributed by atoms with van der Waals surface area (Å²) < 4.78 is 12.5. The molecule has 0 bridgehead atoms. The van der Waals surface area contributed by atoms with Crippen molar-refractivity contribution in [2.45, 2.75) is 19.5 Å². The maximum Gasteiger partial charge on any atom is 0.223 e. The fourth-order valence-corrected chi connectivity index (χ4v) is 3.73. The number of anilines is 1. The zero-order chi connectivity index (χ0) is 19.1. The second-order valence-corrected chi connectivity index (χ2v) is 6.85. The average Bonchev–Trinajstić information content (AvgIpc) is 3.40. The van der Waals surface area contributed by atoms with E-state index in [9.17, 15) is 0 Å². The van der Waals surface area contributed by atoms with E-state index < -0.39 is 0 Å². The molecule has 142 valence electrons. The second kappa shape index (κ2) is 6.65. The van der Waals surface area contributed by atoms with Crippen molar-refractivity contribution in [1.29, 1.82) is 0 Å². The molecule has 8 heteroatoms. The fraction of sp³-hybridized carbons (Fsp3) is 0.250. The van der Waals surface area contributed by atoms with Crippen LogP contribution in [0.4, 0.5) is 5.95 Å². The van der Waals surface area contributed by atoms with Crippen molar-refractivity contribution in [2.75, 3.05) is 19.4 Å². The number of fused-ring (bicyclic) bond motifs is 2. The first-order chi connectivity index (χ1) is 13.7. The Hall–Kier alpha value is -3.39. The first-order valence-corrected chi connectivity index (χ1v) is 9.14. The maximum atomic E-state index is 6.01. The van der Waals surface area contributed by atoms with Crippen LogP contribution < -0.4 is 10.5 Å². The van der Waals surface area contributed by atoms with Gasteiger partial charge in [0.15, 0.2) is 11.4 Å². The summed E-state index contributed by atoms with van der Waals surface area (Å²) in [5.74, 6) is 2.34. The van der Waals surface area contributed by atoms with E-state index in [-0.39, 0.29) is 0 Å². The lowest BCUT2D eigenvalue weighted by atomic mass is 9.98. The Balaban J connectivity index is 1.48. The lowest BCUT2D eigenvalue weighted by Crippen LogP contribution is -2.30. The van der Waals surface area contributed by atoms with E-state index in [2.05, 4.69) is 26.0 Å². The normalized spacial score (nSPS) is 14.3. The van der Waals surface area contributed by atoms with Crippen LogP contribution in [0, 0.1) is 0 Å². The zero-order valence-electron chi connectivity index (χ0n) is 15.5. The predicted molar refractivity (Wildman–Crippen MR) is 104 cm³/mol. The molecular formula is C20H20N6O2. The first kappa shape index (κ1) is 16.8. The number of methoxy groups -OCH3 is 1. The summed E-state index contributed by atoms with van der Waals surface area (Å²) in [6.07, 6.45) is 4.36. The summed E-state index contributed by atoms with van der Waals surface area (Å²) in [6.45, 7) is 2.47. The lowest BCUT2D eigenvalue weighted by molar-refractivity contribution is 0.240. The lowest BCUT2D eigenvalue weighted by Gasteiger charge is -2.29. The molecule has 2 N–H and O–H groups in total. The minimum absolute atomic E-state index is 0.301. The second-order valence-electron chi connectivity index (χ2n) is 6.85. The van der Waals surface area contributed by atoms with Gasteiger partial charge < -0.3 is 14.9 Å². The molecule has 0 saturated heterocycles. The molecule has 5 rings (SSSR count). The standard InChI is InChI=1S/C20H20N6O2/c1-27-16-5-2-4-13-7-8-25(12-15(13)16)11-14-10-22-20(21)26-19(14)23-18(24-26)17-6-3-9-28-17/h2-6,9-10H,7-8,11-12H2,1H3,(H2,21,22). The molecule has 0 amide bonds. The highest BCUT2D eigenvalue weighted by molar-refractivity contribution is 5.57. The molecule has 0 fully saturated rings. The van der Waals surface area contributed by atoms with Crippen LogP contribution in [0.5, 0.6) is 5.75 Å². The molecule has 0 radical (unpaired) electrons. The molecule has 0 spiro atoms. The minimum atomic E-state index is 0.301. The predicted octanol–water partition coefficient (Wildman–Crippen LogP) is 2.53. The molecule has 3 aromatic heterocycles. The van der Waals surface area contributed by atoms with Crippen molar-refractivity contribution in [2.24, 2.45) is 0 Å². The number of nitrogens with two attached hydrogens (primary N) is 1. The molecule has 1 aliphatic heterocycles. The fourth-order valence-electron chi connectivity index (χ4n) is 3.73. The smallest absolute Gasteiger partial charge is 0.223 e. The number of nitrogens with zero attached hydrogens (tertiary/aromatic N) is 5. The molecule has 0 aliphatic carbocycles. The van der Waals surface area contributed by atoms with Crippen LogP contribution in [0.15, 0.2) is 47.2 Å². The molecule has 4 aromatic rings. The van der Waals surface area contributed by atoms with Crippen LogP contribution in [0.1, 0.15) is 16.7 Å². The monoisotopic (exact) mass is 376 g/mol. The Labute approximate surface area is 161 Å². The summed E-state index contributed by atoms with van der Waals surface area (Å²) in [5, 5.41) is 4.46. The third-order valence-corrected chi connectivity index (χ3v) is 5.13. The number of hydrogen-bond acceptors (Lipinski definition) is 7. The van der Waals surface area contributed by atoms with Crippen LogP contribution in [0.2, 0.25) is 0 Å². The van der Waals surface area contributed by atoms with Gasteiger partial charge in [0, 0.05) is 37.0 Å². The van der Waals surface area contributed by atoms with E-state index in [1.807, 2.05) is 24.3 Å². The highest BCUT2D eigenvalue weighted by Crippen LogP contribution is 2.29. The van der Waals surface area contributed by atoms with E-state index in [0.717, 1.165) is 30.8 Å². The molecule has 8 nitrogen and oxygen atoms in total. The van der Waals surface area contributed by atoms with Gasteiger partial charge in [0.25, 0.3) is 0 Å². The maximum absolute atomic E-state index is 6.01. The van der Waals surface area contributed by atoms with Crippen LogP contribution in [-0.2, 0) is 19.5 Å². The van der Waals surface area contributed by atoms with Crippen molar-refractivity contribution in [3.63, 3.8) is 0 Å². The minimum Gasteiger partial charge on any atom is -0.496 e. The number of furan rings is 1. The Kier molecular flexibility index (Phi) is 3.98. The molecule has 0 atom stereocenters. The number of benzene rings is 1. The third-order valence-electron chi connectivity index (χ3n) is 5.13. The highest BCUT2D eigenvalue weighted by atomic mass is 16.5. The van der Waals surface area contributed by atoms with Gasteiger partial charge in [-0.05, 0) is 30.2 Å². The quantitative estimate of drug-likeness (QED) is 0.585. The highest BCUT2D eigenvalue weighted by Gasteiger charge is 2.22. The number of ether oxygens (including phenoxy) is 1. The Morgan fingerprint density at radius 2 is 2.18 bits per heavy atom. The van der Waals surface area contributed by atoms with E-state index in [4.69, 9.17) is 14.9 Å². The number of hydrogen-bond donors (Lipinski definition) is 1. The molecule has 4 heterocycles. The summed E-state index contributed by atoms with van der Waals surface area (Å²) in [7, 11) is 1.72. The first-order valence-electron chi connectivity index (χ1n) is 9.14. The van der Waals surface area contributed by atoms with Crippen LogP contribution in [-0.4, -0.2) is 38.1 Å². The third kappa shape index (κ3) is 2.78. The number of rotatable bonds is 4. The molecule has 0 saturated carbocycles. The van der Waals surface area contributed by atoms with Gasteiger partial charge in [0.05, 0.1) is 13.4 Å². The topological polar surface area (TPSA) is 94.7 Å². The van der Waals surface area contributed by atoms with E-state index in [1.54, 1.807) is 24.1 Å². The summed E-state index contributed by atoms with van der Waals surface area (Å²) >= 11 is 0. The van der Waals surface area contributed by atoms with Crippen LogP contribution in [0.25, 0.3) is 17.2 Å². The zero-order valence-corrected chi connectivity index (χ0v) is 15.5. The van der Waals surface area contributed by atoms with Gasteiger partial charge in [0.1, 0.15) is 5.75 Å². The van der Waals surface area contributed by atoms with Crippen molar-refractivity contribution >= 4 is 11.6 Å². The average molecular weight is 376 g/mol. The van der Waals surface area contributed by atoms with Gasteiger partial charge in [-0.3, -0.25) is 4.90 Å². The number of aromatic nitrogens is 4. The molecule has 28 heavy (non-hydrogen) atoms. The van der Waals surface area contributed by atoms with Gasteiger partial charge in [-0.25, -0.2) is 9.97 Å². The van der Waals surface area contributed by atoms with E-state index >= 15 is 0 Å². The molecule has 1 aliphatic rings. The van der Waals surface area contributed by atoms with Gasteiger partial charge in [-0.1, -0.05) is 12.1 Å². The van der Waals surface area contributed by atoms with Gasteiger partial charge in [-0.15, -0.1) is 5.10 Å². The van der Waals surface area contributed by atoms with Crippen molar-refractivity contribution in [3.05, 3.63) is 59.5 Å². The number of nitrogen functional groups attached to an aromatic ring is 1. The Morgan fingerprint density at radius 1 is 1.25 bits per heavy atom. The Morgan fingerprint density at radius 3 is 3.00 bits per heavy atom. The SMILES string of the molecule is COc1cccc2c1CN(Cc1cnc(N)n3nc(-c4ccco4)nc13)CC2. The molecule has 0 unspecified atom stereocenters.